The molecule has 0 bridgehead atoms. The van der Waals surface area contributed by atoms with Gasteiger partial charge in [-0.05, 0) is 12.8 Å². The van der Waals surface area contributed by atoms with E-state index in [0.717, 1.165) is 19.4 Å². The molecule has 1 atom stereocenters. The zero-order valence-corrected chi connectivity index (χ0v) is 8.43. The summed E-state index contributed by atoms with van der Waals surface area (Å²) in [5.74, 6) is -0.297. The molecule has 82 valence electrons. The highest BCUT2D eigenvalue weighted by Gasteiger charge is 2.21. The first-order valence-electron chi connectivity index (χ1n) is 4.82. The number of hydrogen-bond acceptors (Lipinski definition) is 6. The van der Waals surface area contributed by atoms with E-state index < -0.39 is 5.97 Å². The first kappa shape index (κ1) is 10.1. The molecule has 0 amide bonds. The van der Waals surface area contributed by atoms with E-state index in [-0.39, 0.29) is 12.0 Å². The fourth-order valence-electron chi connectivity index (χ4n) is 1.51. The lowest BCUT2D eigenvalue weighted by Gasteiger charge is -2.03. The molecule has 0 aromatic carbocycles. The van der Waals surface area contributed by atoms with Crippen LogP contribution < -0.4 is 0 Å². The molecule has 2 heterocycles. The Labute approximate surface area is 86.6 Å². The Hall–Kier alpha value is -1.43. The van der Waals surface area contributed by atoms with Gasteiger partial charge in [0.1, 0.15) is 0 Å². The Kier molecular flexibility index (Phi) is 2.96. The molecule has 1 aliphatic heterocycles. The molecule has 1 fully saturated rings. The summed E-state index contributed by atoms with van der Waals surface area (Å²) < 4.78 is 15.0. The van der Waals surface area contributed by atoms with Gasteiger partial charge in [0, 0.05) is 6.61 Å². The molecule has 0 spiro atoms. The Morgan fingerprint density at radius 3 is 3.13 bits per heavy atom. The van der Waals surface area contributed by atoms with Gasteiger partial charge in [-0.3, -0.25) is 0 Å². The zero-order valence-electron chi connectivity index (χ0n) is 8.43. The van der Waals surface area contributed by atoms with Crippen LogP contribution in [0.1, 0.15) is 29.4 Å². The Morgan fingerprint density at radius 2 is 2.47 bits per heavy atom. The first-order valence-corrected chi connectivity index (χ1v) is 4.82. The van der Waals surface area contributed by atoms with Crippen molar-refractivity contribution in [3.05, 3.63) is 11.8 Å². The molecule has 6 heteroatoms. The Morgan fingerprint density at radius 1 is 1.60 bits per heavy atom. The van der Waals surface area contributed by atoms with Gasteiger partial charge < -0.3 is 13.9 Å². The molecule has 15 heavy (non-hydrogen) atoms. The SMILES string of the molecule is COC(=O)c1nnc(CC2CCCO2)o1. The van der Waals surface area contributed by atoms with Crippen molar-refractivity contribution in [2.45, 2.75) is 25.4 Å². The third-order valence-corrected chi connectivity index (χ3v) is 2.25. The quantitative estimate of drug-likeness (QED) is 0.682. The largest absolute Gasteiger partial charge is 0.462 e. The van der Waals surface area contributed by atoms with Crippen LogP contribution in [-0.4, -0.2) is 36.0 Å². The number of ether oxygens (including phenoxy) is 2. The summed E-state index contributed by atoms with van der Waals surface area (Å²) in [5.41, 5.74) is 0. The lowest BCUT2D eigenvalue weighted by atomic mass is 10.2. The van der Waals surface area contributed by atoms with Gasteiger partial charge >= 0.3 is 11.9 Å². The number of methoxy groups -OCH3 is 1. The molecule has 2 rings (SSSR count). The molecule has 1 saturated heterocycles. The van der Waals surface area contributed by atoms with Crippen LogP contribution in [0.15, 0.2) is 4.42 Å². The van der Waals surface area contributed by atoms with Gasteiger partial charge in [-0.15, -0.1) is 10.2 Å². The number of hydrogen-bond donors (Lipinski definition) is 0. The van der Waals surface area contributed by atoms with Gasteiger partial charge in [0.25, 0.3) is 0 Å². The van der Waals surface area contributed by atoms with Crippen molar-refractivity contribution >= 4 is 5.97 Å². The average molecular weight is 212 g/mol. The van der Waals surface area contributed by atoms with E-state index in [9.17, 15) is 4.79 Å². The fraction of sp³-hybridized carbons (Fsp3) is 0.667. The average Bonchev–Trinajstić information content (AvgIpc) is 2.88. The minimum Gasteiger partial charge on any atom is -0.462 e. The maximum Gasteiger partial charge on any atom is 0.396 e. The van der Waals surface area contributed by atoms with Crippen LogP contribution in [0.5, 0.6) is 0 Å². The predicted molar refractivity (Wildman–Crippen MR) is 48.3 cm³/mol. The van der Waals surface area contributed by atoms with Crippen LogP contribution in [0.25, 0.3) is 0 Å². The van der Waals surface area contributed by atoms with E-state index in [1.54, 1.807) is 0 Å². The lowest BCUT2D eigenvalue weighted by molar-refractivity contribution is 0.0550. The van der Waals surface area contributed by atoms with Crippen LogP contribution in [-0.2, 0) is 15.9 Å². The molecule has 0 saturated carbocycles. The second kappa shape index (κ2) is 4.39. The molecule has 1 unspecified atom stereocenters. The van der Waals surface area contributed by atoms with E-state index in [1.807, 2.05) is 0 Å². The lowest BCUT2D eigenvalue weighted by Crippen LogP contribution is -2.08. The molecule has 1 aliphatic rings. The summed E-state index contributed by atoms with van der Waals surface area (Å²) in [6.45, 7) is 0.780. The molecule has 1 aromatic rings. The second-order valence-electron chi connectivity index (χ2n) is 3.33. The predicted octanol–water partition coefficient (Wildman–Crippen LogP) is 0.578. The van der Waals surface area contributed by atoms with Crippen LogP contribution in [0, 0.1) is 0 Å². The third-order valence-electron chi connectivity index (χ3n) is 2.25. The van der Waals surface area contributed by atoms with Crippen molar-refractivity contribution in [1.82, 2.24) is 10.2 Å². The number of rotatable bonds is 3. The molecule has 0 radical (unpaired) electrons. The van der Waals surface area contributed by atoms with Gasteiger partial charge in [-0.1, -0.05) is 0 Å². The summed E-state index contributed by atoms with van der Waals surface area (Å²) in [6, 6.07) is 0. The molecule has 1 aromatic heterocycles. The van der Waals surface area contributed by atoms with Gasteiger partial charge in [0.05, 0.1) is 19.6 Å². The van der Waals surface area contributed by atoms with Crippen molar-refractivity contribution in [3.63, 3.8) is 0 Å². The molecule has 0 aliphatic carbocycles. The van der Waals surface area contributed by atoms with Crippen LogP contribution in [0.3, 0.4) is 0 Å². The first-order chi connectivity index (χ1) is 7.29. The van der Waals surface area contributed by atoms with E-state index in [4.69, 9.17) is 9.15 Å². The molecule has 6 nitrogen and oxygen atoms in total. The van der Waals surface area contributed by atoms with Crippen molar-refractivity contribution in [2.24, 2.45) is 0 Å². The summed E-state index contributed by atoms with van der Waals surface area (Å²) in [5, 5.41) is 7.33. The second-order valence-corrected chi connectivity index (χ2v) is 3.33. The zero-order chi connectivity index (χ0) is 10.7. The maximum absolute atomic E-state index is 11.0. The minimum atomic E-state index is -0.610. The van der Waals surface area contributed by atoms with Crippen LogP contribution in [0.4, 0.5) is 0 Å². The number of carbonyl (C=O) groups excluding carboxylic acids is 1. The maximum atomic E-state index is 11.0. The van der Waals surface area contributed by atoms with E-state index in [1.165, 1.54) is 7.11 Å². The van der Waals surface area contributed by atoms with Gasteiger partial charge in [-0.25, -0.2) is 4.79 Å². The smallest absolute Gasteiger partial charge is 0.396 e. The normalized spacial score (nSPS) is 20.5. The van der Waals surface area contributed by atoms with Gasteiger partial charge in [0.2, 0.25) is 5.89 Å². The number of aromatic nitrogens is 2. The summed E-state index contributed by atoms with van der Waals surface area (Å²) >= 11 is 0. The van der Waals surface area contributed by atoms with Crippen molar-refractivity contribution in [3.8, 4) is 0 Å². The van der Waals surface area contributed by atoms with E-state index in [0.29, 0.717) is 12.3 Å². The van der Waals surface area contributed by atoms with E-state index in [2.05, 4.69) is 14.9 Å². The molecular weight excluding hydrogens is 200 g/mol. The highest BCUT2D eigenvalue weighted by molar-refractivity contribution is 5.83. The molecular formula is C9H12N2O4. The highest BCUT2D eigenvalue weighted by Crippen LogP contribution is 2.16. The summed E-state index contributed by atoms with van der Waals surface area (Å²) in [6.07, 6.45) is 2.75. The number of nitrogens with zero attached hydrogens (tertiary/aromatic N) is 2. The number of carbonyl (C=O) groups is 1. The van der Waals surface area contributed by atoms with Crippen LogP contribution in [0.2, 0.25) is 0 Å². The fourth-order valence-corrected chi connectivity index (χ4v) is 1.51. The van der Waals surface area contributed by atoms with Crippen molar-refractivity contribution in [2.75, 3.05) is 13.7 Å². The monoisotopic (exact) mass is 212 g/mol. The summed E-state index contributed by atoms with van der Waals surface area (Å²) in [4.78, 5) is 11.0. The minimum absolute atomic E-state index is 0.106. The van der Waals surface area contributed by atoms with Crippen molar-refractivity contribution in [1.29, 1.82) is 0 Å². The van der Waals surface area contributed by atoms with Crippen LogP contribution >= 0.6 is 0 Å². The number of esters is 1. The van der Waals surface area contributed by atoms with E-state index >= 15 is 0 Å². The Balaban J connectivity index is 1.97. The van der Waals surface area contributed by atoms with Gasteiger partial charge in [-0.2, -0.15) is 0 Å². The topological polar surface area (TPSA) is 74.5 Å². The molecule has 0 N–H and O–H groups in total. The summed E-state index contributed by atoms with van der Waals surface area (Å²) in [7, 11) is 1.27. The standard InChI is InChI=1S/C9H12N2O4/c1-13-9(12)8-11-10-7(15-8)5-6-3-2-4-14-6/h6H,2-5H2,1H3. The van der Waals surface area contributed by atoms with Gasteiger partial charge in [0.15, 0.2) is 0 Å². The third kappa shape index (κ3) is 2.33. The van der Waals surface area contributed by atoms with Crippen molar-refractivity contribution < 1.29 is 18.7 Å². The highest BCUT2D eigenvalue weighted by atomic mass is 16.5. The Bertz CT molecular complexity index is 344.